The van der Waals surface area contributed by atoms with Crippen LogP contribution in [0.3, 0.4) is 0 Å². The molecule has 0 spiro atoms. The van der Waals surface area contributed by atoms with Gasteiger partial charge in [-0.25, -0.2) is 13.2 Å². The summed E-state index contributed by atoms with van der Waals surface area (Å²) in [5, 5.41) is 3.85. The molecule has 0 bridgehead atoms. The zero-order valence-electron chi connectivity index (χ0n) is 21.5. The van der Waals surface area contributed by atoms with Crippen molar-refractivity contribution < 1.29 is 22.7 Å². The minimum Gasteiger partial charge on any atom is -0.465 e. The van der Waals surface area contributed by atoms with Crippen LogP contribution in [-0.2, 0) is 21.3 Å². The average Bonchev–Trinajstić information content (AvgIpc) is 3.56. The van der Waals surface area contributed by atoms with E-state index >= 15 is 0 Å². The molecule has 0 aliphatic carbocycles. The summed E-state index contributed by atoms with van der Waals surface area (Å²) in [5.74, 6) is -0.933. The standard InChI is InChI=1S/C29H24BrN3O5S2/c1-32(23-11-8-20(9-12-23)29(35)38-2)40(36,37)26-17-25(39-27(26)30)28(34)31-22-10-13-24-21(16-22)14-15-33(24)18-19-6-4-3-5-7-19/h3-17H,18H2,1-2H3,(H,31,34). The monoisotopic (exact) mass is 637 g/mol. The Hall–Kier alpha value is -3.93. The van der Waals surface area contributed by atoms with Crippen molar-refractivity contribution in [1.29, 1.82) is 0 Å². The molecule has 5 aromatic rings. The highest BCUT2D eigenvalue weighted by Crippen LogP contribution is 2.35. The van der Waals surface area contributed by atoms with Crippen molar-refractivity contribution in [2.24, 2.45) is 0 Å². The number of sulfonamides is 1. The number of fused-ring (bicyclic) bond motifs is 1. The van der Waals surface area contributed by atoms with Crippen LogP contribution in [0.15, 0.2) is 99.8 Å². The SMILES string of the molecule is COC(=O)c1ccc(N(C)S(=O)(=O)c2cc(C(=O)Nc3ccc4c(ccn4Cc4ccccc4)c3)sc2Br)cc1. The van der Waals surface area contributed by atoms with Crippen LogP contribution in [0.25, 0.3) is 10.9 Å². The second kappa shape index (κ2) is 11.3. The summed E-state index contributed by atoms with van der Waals surface area (Å²) in [6, 6.07) is 25.2. The van der Waals surface area contributed by atoms with E-state index in [2.05, 4.69) is 42.7 Å². The zero-order valence-corrected chi connectivity index (χ0v) is 24.7. The van der Waals surface area contributed by atoms with Crippen molar-refractivity contribution in [1.82, 2.24) is 4.57 Å². The van der Waals surface area contributed by atoms with Crippen LogP contribution in [-0.4, -0.2) is 39.0 Å². The van der Waals surface area contributed by atoms with Gasteiger partial charge in [-0.2, -0.15) is 0 Å². The molecule has 8 nitrogen and oxygen atoms in total. The molecule has 1 N–H and O–H groups in total. The number of aromatic nitrogens is 1. The number of thiophene rings is 1. The molecule has 0 aliphatic rings. The van der Waals surface area contributed by atoms with Crippen LogP contribution in [0.2, 0.25) is 0 Å². The van der Waals surface area contributed by atoms with Gasteiger partial charge in [-0.3, -0.25) is 9.10 Å². The Morgan fingerprint density at radius 2 is 1.73 bits per heavy atom. The van der Waals surface area contributed by atoms with Crippen LogP contribution in [0, 0.1) is 0 Å². The number of hydrogen-bond donors (Lipinski definition) is 1. The Morgan fingerprint density at radius 3 is 2.42 bits per heavy atom. The molecule has 0 aliphatic heterocycles. The van der Waals surface area contributed by atoms with Crippen molar-refractivity contribution in [3.63, 3.8) is 0 Å². The second-order valence-corrected chi connectivity index (χ2v) is 13.2. The molecule has 1 amide bonds. The summed E-state index contributed by atoms with van der Waals surface area (Å²) >= 11 is 4.35. The fraction of sp³-hybridized carbons (Fsp3) is 0.103. The van der Waals surface area contributed by atoms with Gasteiger partial charge in [0.15, 0.2) is 0 Å². The van der Waals surface area contributed by atoms with Gasteiger partial charge in [0.25, 0.3) is 15.9 Å². The third kappa shape index (κ3) is 5.53. The van der Waals surface area contributed by atoms with Crippen LogP contribution in [0.5, 0.6) is 0 Å². The van der Waals surface area contributed by atoms with E-state index in [1.807, 2.05) is 48.7 Å². The second-order valence-electron chi connectivity index (χ2n) is 8.92. The number of carbonyl (C=O) groups excluding carboxylic acids is 2. The number of benzene rings is 3. The number of nitrogens with one attached hydrogen (secondary N) is 1. The molecule has 2 heterocycles. The molecule has 0 fully saturated rings. The quantitative estimate of drug-likeness (QED) is 0.199. The summed E-state index contributed by atoms with van der Waals surface area (Å²) < 4.78 is 35.0. The number of carbonyl (C=O) groups is 2. The van der Waals surface area contributed by atoms with Gasteiger partial charge in [-0.15, -0.1) is 11.3 Å². The van der Waals surface area contributed by atoms with Gasteiger partial charge in [-0.1, -0.05) is 30.3 Å². The lowest BCUT2D eigenvalue weighted by atomic mass is 10.2. The number of amides is 1. The molecule has 5 rings (SSSR count). The van der Waals surface area contributed by atoms with Gasteiger partial charge in [0.2, 0.25) is 0 Å². The Morgan fingerprint density at radius 1 is 1.00 bits per heavy atom. The summed E-state index contributed by atoms with van der Waals surface area (Å²) in [7, 11) is -1.32. The van der Waals surface area contributed by atoms with Crippen molar-refractivity contribution in [2.45, 2.75) is 11.4 Å². The molecule has 40 heavy (non-hydrogen) atoms. The van der Waals surface area contributed by atoms with E-state index in [9.17, 15) is 18.0 Å². The molecule has 0 saturated carbocycles. The fourth-order valence-electron chi connectivity index (χ4n) is 4.24. The van der Waals surface area contributed by atoms with E-state index in [4.69, 9.17) is 0 Å². The van der Waals surface area contributed by atoms with Crippen molar-refractivity contribution in [2.75, 3.05) is 23.8 Å². The first-order valence-electron chi connectivity index (χ1n) is 12.1. The van der Waals surface area contributed by atoms with Crippen LogP contribution in [0.4, 0.5) is 11.4 Å². The van der Waals surface area contributed by atoms with E-state index in [1.165, 1.54) is 50.1 Å². The van der Waals surface area contributed by atoms with Gasteiger partial charge in [0, 0.05) is 36.4 Å². The van der Waals surface area contributed by atoms with Gasteiger partial charge in [0.1, 0.15) is 4.90 Å². The highest BCUT2D eigenvalue weighted by Gasteiger charge is 2.28. The first-order chi connectivity index (χ1) is 19.2. The molecule has 0 radical (unpaired) electrons. The summed E-state index contributed by atoms with van der Waals surface area (Å²) in [5.41, 5.74) is 3.49. The minimum absolute atomic E-state index is 0.0318. The van der Waals surface area contributed by atoms with E-state index in [0.717, 1.165) is 33.1 Å². The van der Waals surface area contributed by atoms with Crippen molar-refractivity contribution in [3.05, 3.63) is 111 Å². The van der Waals surface area contributed by atoms with Gasteiger partial charge in [0.05, 0.1) is 27.0 Å². The lowest BCUT2D eigenvalue weighted by Gasteiger charge is -2.19. The Balaban J connectivity index is 1.32. The van der Waals surface area contributed by atoms with Crippen LogP contribution >= 0.6 is 27.3 Å². The summed E-state index contributed by atoms with van der Waals surface area (Å²) in [6.07, 6.45) is 2.01. The Labute approximate surface area is 244 Å². The molecule has 0 unspecified atom stereocenters. The number of rotatable bonds is 8. The number of methoxy groups -OCH3 is 1. The zero-order chi connectivity index (χ0) is 28.4. The number of ether oxygens (including phenoxy) is 1. The fourth-order valence-corrected chi connectivity index (χ4v) is 7.84. The topological polar surface area (TPSA) is 97.7 Å². The molecular weight excluding hydrogens is 614 g/mol. The lowest BCUT2D eigenvalue weighted by Crippen LogP contribution is -2.26. The normalized spacial score (nSPS) is 11.4. The van der Waals surface area contributed by atoms with E-state index in [1.54, 1.807) is 0 Å². The first-order valence-corrected chi connectivity index (χ1v) is 15.1. The lowest BCUT2D eigenvalue weighted by molar-refractivity contribution is 0.0600. The summed E-state index contributed by atoms with van der Waals surface area (Å²) in [6.45, 7) is 0.736. The van der Waals surface area contributed by atoms with E-state index in [-0.39, 0.29) is 9.77 Å². The van der Waals surface area contributed by atoms with Crippen LogP contribution in [0.1, 0.15) is 25.6 Å². The largest absolute Gasteiger partial charge is 0.465 e. The number of nitrogens with zero attached hydrogens (tertiary/aromatic N) is 2. The smallest absolute Gasteiger partial charge is 0.337 e. The highest BCUT2D eigenvalue weighted by molar-refractivity contribution is 9.11. The molecule has 0 saturated heterocycles. The molecule has 2 aromatic heterocycles. The maximum absolute atomic E-state index is 13.4. The molecule has 11 heteroatoms. The van der Waals surface area contributed by atoms with Crippen molar-refractivity contribution >= 4 is 71.4 Å². The van der Waals surface area contributed by atoms with Gasteiger partial charge >= 0.3 is 5.97 Å². The van der Waals surface area contributed by atoms with Crippen molar-refractivity contribution in [3.8, 4) is 0 Å². The number of esters is 1. The maximum atomic E-state index is 13.4. The van der Waals surface area contributed by atoms with Crippen LogP contribution < -0.4 is 9.62 Å². The summed E-state index contributed by atoms with van der Waals surface area (Å²) in [4.78, 5) is 25.0. The molecule has 3 aromatic carbocycles. The van der Waals surface area contributed by atoms with Gasteiger partial charge in [-0.05, 0) is 76.1 Å². The average molecular weight is 639 g/mol. The Bertz CT molecular complexity index is 1810. The molecular formula is C29H24BrN3O5S2. The number of halogens is 1. The number of hydrogen-bond acceptors (Lipinski definition) is 6. The number of anilines is 2. The first kappa shape index (κ1) is 27.6. The highest BCUT2D eigenvalue weighted by atomic mass is 79.9. The maximum Gasteiger partial charge on any atom is 0.337 e. The predicted octanol–water partition coefficient (Wildman–Crippen LogP) is 6.38. The minimum atomic E-state index is -4.00. The predicted molar refractivity (Wildman–Crippen MR) is 161 cm³/mol. The van der Waals surface area contributed by atoms with E-state index in [0.29, 0.717) is 20.7 Å². The molecule has 0 atom stereocenters. The third-order valence-corrected chi connectivity index (χ3v) is 10.4. The molecule has 204 valence electrons. The van der Waals surface area contributed by atoms with Gasteiger partial charge < -0.3 is 14.6 Å². The third-order valence-electron chi connectivity index (χ3n) is 6.39. The van der Waals surface area contributed by atoms with E-state index < -0.39 is 21.9 Å². The Kier molecular flexibility index (Phi) is 7.79.